The predicted molar refractivity (Wildman–Crippen MR) is 80.5 cm³/mol. The van der Waals surface area contributed by atoms with Crippen LogP contribution in [0, 0.1) is 10.1 Å². The molecule has 7 heteroatoms. The standard InChI is InChI=1S/C14H21N3O4/c1-5-15-13(19)10-6-7-12(17(20)21)11(8-10)16-14(3,4)9(2)18/h6-9,16,18H,5H2,1-4H3,(H,15,19). The van der Waals surface area contributed by atoms with Crippen LogP contribution in [0.5, 0.6) is 0 Å². The third-order valence-electron chi connectivity index (χ3n) is 3.29. The highest BCUT2D eigenvalue weighted by Crippen LogP contribution is 2.29. The molecule has 0 fully saturated rings. The molecule has 0 saturated heterocycles. The molecular formula is C14H21N3O4. The number of nitrogens with zero attached hydrogens (tertiary/aromatic N) is 1. The molecule has 0 bridgehead atoms. The second-order valence-electron chi connectivity index (χ2n) is 5.37. The van der Waals surface area contributed by atoms with E-state index in [0.717, 1.165) is 0 Å². The number of aliphatic hydroxyl groups excluding tert-OH is 1. The van der Waals surface area contributed by atoms with Gasteiger partial charge in [0.25, 0.3) is 11.6 Å². The van der Waals surface area contributed by atoms with E-state index in [0.29, 0.717) is 12.1 Å². The van der Waals surface area contributed by atoms with Gasteiger partial charge < -0.3 is 15.7 Å². The van der Waals surface area contributed by atoms with Gasteiger partial charge in [-0.3, -0.25) is 14.9 Å². The van der Waals surface area contributed by atoms with Crippen LogP contribution >= 0.6 is 0 Å². The van der Waals surface area contributed by atoms with Gasteiger partial charge in [0.1, 0.15) is 5.69 Å². The van der Waals surface area contributed by atoms with Gasteiger partial charge >= 0.3 is 0 Å². The normalized spacial score (nSPS) is 12.6. The van der Waals surface area contributed by atoms with Gasteiger partial charge in [-0.25, -0.2) is 0 Å². The first-order chi connectivity index (χ1) is 9.69. The fourth-order valence-corrected chi connectivity index (χ4v) is 1.65. The van der Waals surface area contributed by atoms with Crippen molar-refractivity contribution in [1.29, 1.82) is 0 Å². The molecule has 116 valence electrons. The summed E-state index contributed by atoms with van der Waals surface area (Å²) < 4.78 is 0. The summed E-state index contributed by atoms with van der Waals surface area (Å²) >= 11 is 0. The maximum absolute atomic E-state index is 11.8. The number of hydrogen-bond acceptors (Lipinski definition) is 5. The number of carbonyl (C=O) groups is 1. The molecule has 3 N–H and O–H groups in total. The van der Waals surface area contributed by atoms with E-state index in [4.69, 9.17) is 0 Å². The molecule has 0 aromatic heterocycles. The van der Waals surface area contributed by atoms with E-state index in [1.165, 1.54) is 18.2 Å². The summed E-state index contributed by atoms with van der Waals surface area (Å²) in [5.41, 5.74) is -0.386. The zero-order valence-electron chi connectivity index (χ0n) is 12.6. The molecule has 0 radical (unpaired) electrons. The lowest BCUT2D eigenvalue weighted by Gasteiger charge is -2.30. The van der Waals surface area contributed by atoms with Crippen molar-refractivity contribution in [1.82, 2.24) is 5.32 Å². The molecule has 1 aromatic rings. The van der Waals surface area contributed by atoms with Crippen molar-refractivity contribution in [2.24, 2.45) is 0 Å². The van der Waals surface area contributed by atoms with Gasteiger partial charge in [-0.15, -0.1) is 0 Å². The summed E-state index contributed by atoms with van der Waals surface area (Å²) in [6.07, 6.45) is -0.731. The molecule has 0 aliphatic heterocycles. The first kappa shape index (κ1) is 16.9. The van der Waals surface area contributed by atoms with Crippen LogP contribution in [0.1, 0.15) is 38.1 Å². The third-order valence-corrected chi connectivity index (χ3v) is 3.29. The molecule has 1 aromatic carbocycles. The largest absolute Gasteiger partial charge is 0.391 e. The second kappa shape index (κ2) is 6.53. The highest BCUT2D eigenvalue weighted by Gasteiger charge is 2.27. The fourth-order valence-electron chi connectivity index (χ4n) is 1.65. The third kappa shape index (κ3) is 4.16. The fraction of sp³-hybridized carbons (Fsp3) is 0.500. The average Bonchev–Trinajstić information content (AvgIpc) is 2.37. The summed E-state index contributed by atoms with van der Waals surface area (Å²) in [5, 5.41) is 26.4. The molecule has 1 amide bonds. The first-order valence-electron chi connectivity index (χ1n) is 6.72. The SMILES string of the molecule is CCNC(=O)c1ccc([N+](=O)[O-])c(NC(C)(C)C(C)O)c1. The Hall–Kier alpha value is -2.15. The second-order valence-corrected chi connectivity index (χ2v) is 5.37. The summed E-state index contributed by atoms with van der Waals surface area (Å²) in [6.45, 7) is 7.30. The summed E-state index contributed by atoms with van der Waals surface area (Å²) in [6, 6.07) is 4.11. The number of benzene rings is 1. The minimum atomic E-state index is -0.773. The minimum absolute atomic E-state index is 0.142. The Bertz CT molecular complexity index is 541. The quantitative estimate of drug-likeness (QED) is 0.549. The number of nitro groups is 1. The Morgan fingerprint density at radius 3 is 2.57 bits per heavy atom. The summed E-state index contributed by atoms with van der Waals surface area (Å²) in [4.78, 5) is 22.4. The Morgan fingerprint density at radius 1 is 1.48 bits per heavy atom. The maximum atomic E-state index is 11.8. The molecule has 0 saturated carbocycles. The van der Waals surface area contributed by atoms with E-state index in [2.05, 4.69) is 10.6 Å². The van der Waals surface area contributed by atoms with Gasteiger partial charge in [0.05, 0.1) is 16.6 Å². The van der Waals surface area contributed by atoms with Crippen LogP contribution in [0.15, 0.2) is 18.2 Å². The van der Waals surface area contributed by atoms with Gasteiger partial charge in [-0.1, -0.05) is 0 Å². The highest BCUT2D eigenvalue weighted by molar-refractivity contribution is 5.95. The van der Waals surface area contributed by atoms with Crippen LogP contribution in [0.3, 0.4) is 0 Å². The molecular weight excluding hydrogens is 274 g/mol. The van der Waals surface area contributed by atoms with Crippen LogP contribution in [0.25, 0.3) is 0 Å². The van der Waals surface area contributed by atoms with Crippen molar-refractivity contribution in [3.63, 3.8) is 0 Å². The molecule has 0 heterocycles. The molecule has 0 aliphatic carbocycles. The smallest absolute Gasteiger partial charge is 0.292 e. The zero-order chi connectivity index (χ0) is 16.2. The zero-order valence-corrected chi connectivity index (χ0v) is 12.6. The molecule has 21 heavy (non-hydrogen) atoms. The molecule has 7 nitrogen and oxygen atoms in total. The number of anilines is 1. The lowest BCUT2D eigenvalue weighted by molar-refractivity contribution is -0.384. The van der Waals surface area contributed by atoms with Crippen LogP contribution in [-0.2, 0) is 0 Å². The number of nitrogens with one attached hydrogen (secondary N) is 2. The monoisotopic (exact) mass is 295 g/mol. The number of hydrogen-bond donors (Lipinski definition) is 3. The molecule has 0 spiro atoms. The van der Waals surface area contributed by atoms with E-state index in [1.807, 2.05) is 0 Å². The lowest BCUT2D eigenvalue weighted by Crippen LogP contribution is -2.42. The van der Waals surface area contributed by atoms with Gasteiger partial charge in [-0.05, 0) is 39.8 Å². The van der Waals surface area contributed by atoms with Crippen molar-refractivity contribution >= 4 is 17.3 Å². The molecule has 1 rings (SSSR count). The topological polar surface area (TPSA) is 104 Å². The Labute approximate surface area is 123 Å². The highest BCUT2D eigenvalue weighted by atomic mass is 16.6. The summed E-state index contributed by atoms with van der Waals surface area (Å²) in [7, 11) is 0. The lowest BCUT2D eigenvalue weighted by atomic mass is 9.97. The number of nitro benzene ring substituents is 1. The number of aliphatic hydroxyl groups is 1. The predicted octanol–water partition coefficient (Wildman–Crippen LogP) is 1.92. The number of amides is 1. The van der Waals surface area contributed by atoms with Gasteiger partial charge in [0, 0.05) is 18.2 Å². The van der Waals surface area contributed by atoms with Crippen molar-refractivity contribution in [2.45, 2.75) is 39.3 Å². The Kier molecular flexibility index (Phi) is 5.26. The maximum Gasteiger partial charge on any atom is 0.292 e. The van der Waals surface area contributed by atoms with E-state index >= 15 is 0 Å². The Balaban J connectivity index is 3.22. The van der Waals surface area contributed by atoms with E-state index < -0.39 is 16.6 Å². The molecule has 0 aliphatic rings. The van der Waals surface area contributed by atoms with Crippen LogP contribution in [0.2, 0.25) is 0 Å². The average molecular weight is 295 g/mol. The van der Waals surface area contributed by atoms with Crippen LogP contribution in [-0.4, -0.2) is 34.1 Å². The van der Waals surface area contributed by atoms with Crippen molar-refractivity contribution in [3.05, 3.63) is 33.9 Å². The molecule has 1 unspecified atom stereocenters. The Morgan fingerprint density at radius 2 is 2.10 bits per heavy atom. The van der Waals surface area contributed by atoms with Gasteiger partial charge in [0.2, 0.25) is 0 Å². The van der Waals surface area contributed by atoms with Crippen molar-refractivity contribution in [3.8, 4) is 0 Å². The first-order valence-corrected chi connectivity index (χ1v) is 6.72. The summed E-state index contributed by atoms with van der Waals surface area (Å²) in [5.74, 6) is -0.301. The van der Waals surface area contributed by atoms with Gasteiger partial charge in [-0.2, -0.15) is 0 Å². The minimum Gasteiger partial charge on any atom is -0.391 e. The van der Waals surface area contributed by atoms with E-state index in [1.54, 1.807) is 27.7 Å². The van der Waals surface area contributed by atoms with Gasteiger partial charge in [0.15, 0.2) is 0 Å². The van der Waals surface area contributed by atoms with Crippen LogP contribution < -0.4 is 10.6 Å². The van der Waals surface area contributed by atoms with Crippen LogP contribution in [0.4, 0.5) is 11.4 Å². The molecule has 1 atom stereocenters. The number of rotatable bonds is 6. The van der Waals surface area contributed by atoms with E-state index in [-0.39, 0.29) is 17.3 Å². The van der Waals surface area contributed by atoms with E-state index in [9.17, 15) is 20.0 Å². The van der Waals surface area contributed by atoms with Crippen molar-refractivity contribution < 1.29 is 14.8 Å². The number of carbonyl (C=O) groups excluding carboxylic acids is 1. The van der Waals surface area contributed by atoms with Crippen molar-refractivity contribution in [2.75, 3.05) is 11.9 Å².